The van der Waals surface area contributed by atoms with Gasteiger partial charge in [-0.05, 0) is 26.2 Å². The highest BCUT2D eigenvalue weighted by Gasteiger charge is 2.42. The van der Waals surface area contributed by atoms with E-state index in [9.17, 15) is 0 Å². The molecule has 3 heteroatoms. The van der Waals surface area contributed by atoms with E-state index >= 15 is 0 Å². The molecule has 0 N–H and O–H groups in total. The largest absolute Gasteiger partial charge is 0.374 e. The first kappa shape index (κ1) is 12.3. The van der Waals surface area contributed by atoms with Gasteiger partial charge in [0.1, 0.15) is 6.10 Å². The quantitative estimate of drug-likeness (QED) is 0.641. The van der Waals surface area contributed by atoms with Crippen molar-refractivity contribution < 1.29 is 9.47 Å². The SMILES string of the molecule is CCCOC1C(Cl)CC1OC(C)CC. The molecule has 0 spiro atoms. The molecule has 0 radical (unpaired) electrons. The predicted octanol–water partition coefficient (Wildman–Crippen LogP) is 2.98. The van der Waals surface area contributed by atoms with Crippen molar-refractivity contribution in [2.45, 2.75) is 63.7 Å². The van der Waals surface area contributed by atoms with E-state index in [1.165, 1.54) is 0 Å². The molecule has 0 aliphatic heterocycles. The Kier molecular flexibility index (Phi) is 5.21. The molecular formula is C11H21ClO2. The summed E-state index contributed by atoms with van der Waals surface area (Å²) < 4.78 is 11.4. The van der Waals surface area contributed by atoms with E-state index in [0.29, 0.717) is 6.10 Å². The molecule has 1 aliphatic carbocycles. The van der Waals surface area contributed by atoms with Gasteiger partial charge in [0.05, 0.1) is 17.6 Å². The minimum atomic E-state index is 0.116. The molecule has 1 fully saturated rings. The summed E-state index contributed by atoms with van der Waals surface area (Å²) in [5, 5.41) is 0.149. The monoisotopic (exact) mass is 220 g/mol. The molecule has 1 aliphatic rings. The first-order valence-electron chi connectivity index (χ1n) is 5.60. The van der Waals surface area contributed by atoms with Crippen LogP contribution in [0.15, 0.2) is 0 Å². The highest BCUT2D eigenvalue weighted by atomic mass is 35.5. The predicted molar refractivity (Wildman–Crippen MR) is 58.9 cm³/mol. The van der Waals surface area contributed by atoms with E-state index in [1.54, 1.807) is 0 Å². The number of ether oxygens (including phenoxy) is 2. The van der Waals surface area contributed by atoms with Crippen LogP contribution in [0.25, 0.3) is 0 Å². The van der Waals surface area contributed by atoms with Crippen molar-refractivity contribution in [3.05, 3.63) is 0 Å². The zero-order valence-corrected chi connectivity index (χ0v) is 10.1. The van der Waals surface area contributed by atoms with Gasteiger partial charge in [0, 0.05) is 6.61 Å². The summed E-state index contributed by atoms with van der Waals surface area (Å²) in [6, 6.07) is 0. The number of hydrogen-bond donors (Lipinski definition) is 0. The standard InChI is InChI=1S/C11H21ClO2/c1-4-6-13-11-9(12)7-10(11)14-8(3)5-2/h8-11H,4-7H2,1-3H3. The van der Waals surface area contributed by atoms with Gasteiger partial charge in [-0.2, -0.15) is 0 Å². The molecule has 0 bridgehead atoms. The van der Waals surface area contributed by atoms with Gasteiger partial charge >= 0.3 is 0 Å². The average Bonchev–Trinajstić information content (AvgIpc) is 2.17. The second-order valence-corrected chi connectivity index (χ2v) is 4.54. The molecule has 1 saturated carbocycles. The van der Waals surface area contributed by atoms with Crippen LogP contribution in [-0.4, -0.2) is 30.3 Å². The molecule has 0 amide bonds. The van der Waals surface area contributed by atoms with E-state index in [4.69, 9.17) is 21.1 Å². The lowest BCUT2D eigenvalue weighted by Gasteiger charge is -2.41. The number of halogens is 1. The minimum Gasteiger partial charge on any atom is -0.374 e. The van der Waals surface area contributed by atoms with Crippen LogP contribution >= 0.6 is 11.6 Å². The molecule has 0 aromatic rings. The first-order valence-corrected chi connectivity index (χ1v) is 6.03. The molecule has 14 heavy (non-hydrogen) atoms. The topological polar surface area (TPSA) is 18.5 Å². The lowest BCUT2D eigenvalue weighted by molar-refractivity contribution is -0.144. The van der Waals surface area contributed by atoms with Crippen molar-refractivity contribution >= 4 is 11.6 Å². The van der Waals surface area contributed by atoms with Crippen molar-refractivity contribution in [3.63, 3.8) is 0 Å². The lowest BCUT2D eigenvalue weighted by atomic mass is 9.90. The molecular weight excluding hydrogens is 200 g/mol. The number of alkyl halides is 1. The van der Waals surface area contributed by atoms with Gasteiger partial charge in [0.15, 0.2) is 0 Å². The summed E-state index contributed by atoms with van der Waals surface area (Å²) in [5.74, 6) is 0. The van der Waals surface area contributed by atoms with Crippen LogP contribution in [0, 0.1) is 0 Å². The summed E-state index contributed by atoms with van der Waals surface area (Å²) >= 11 is 6.07. The fourth-order valence-electron chi connectivity index (χ4n) is 1.52. The molecule has 2 nitrogen and oxygen atoms in total. The highest BCUT2D eigenvalue weighted by molar-refractivity contribution is 6.21. The highest BCUT2D eigenvalue weighted by Crippen LogP contribution is 2.33. The smallest absolute Gasteiger partial charge is 0.100 e. The minimum absolute atomic E-state index is 0.116. The van der Waals surface area contributed by atoms with Crippen molar-refractivity contribution in [1.82, 2.24) is 0 Å². The van der Waals surface area contributed by atoms with E-state index in [0.717, 1.165) is 25.9 Å². The van der Waals surface area contributed by atoms with Gasteiger partial charge in [-0.25, -0.2) is 0 Å². The Morgan fingerprint density at radius 2 is 2.14 bits per heavy atom. The lowest BCUT2D eigenvalue weighted by Crippen LogP contribution is -2.52. The maximum absolute atomic E-state index is 6.07. The second-order valence-electron chi connectivity index (χ2n) is 3.98. The zero-order chi connectivity index (χ0) is 10.6. The Morgan fingerprint density at radius 1 is 1.43 bits per heavy atom. The van der Waals surface area contributed by atoms with Crippen molar-refractivity contribution in [2.75, 3.05) is 6.61 Å². The summed E-state index contributed by atoms with van der Waals surface area (Å²) in [5.41, 5.74) is 0. The third kappa shape index (κ3) is 3.11. The molecule has 4 unspecified atom stereocenters. The van der Waals surface area contributed by atoms with Crippen LogP contribution in [0.5, 0.6) is 0 Å². The molecule has 0 heterocycles. The average molecular weight is 221 g/mol. The Morgan fingerprint density at radius 3 is 2.64 bits per heavy atom. The van der Waals surface area contributed by atoms with Crippen LogP contribution in [0.2, 0.25) is 0 Å². The molecule has 4 atom stereocenters. The Balaban J connectivity index is 2.25. The molecule has 1 rings (SSSR count). The van der Waals surface area contributed by atoms with Crippen LogP contribution < -0.4 is 0 Å². The maximum Gasteiger partial charge on any atom is 0.100 e. The molecule has 0 aromatic heterocycles. The van der Waals surface area contributed by atoms with Gasteiger partial charge in [0.25, 0.3) is 0 Å². The Labute approximate surface area is 91.9 Å². The van der Waals surface area contributed by atoms with E-state index in [1.807, 2.05) is 0 Å². The third-order valence-electron chi connectivity index (χ3n) is 2.68. The first-order chi connectivity index (χ1) is 6.69. The molecule has 0 saturated heterocycles. The van der Waals surface area contributed by atoms with E-state index in [2.05, 4.69) is 20.8 Å². The van der Waals surface area contributed by atoms with Crippen molar-refractivity contribution in [3.8, 4) is 0 Å². The van der Waals surface area contributed by atoms with Gasteiger partial charge in [-0.15, -0.1) is 11.6 Å². The Hall–Kier alpha value is 0.210. The third-order valence-corrected chi connectivity index (χ3v) is 3.10. The van der Waals surface area contributed by atoms with E-state index in [-0.39, 0.29) is 17.6 Å². The second kappa shape index (κ2) is 5.94. The van der Waals surface area contributed by atoms with Gasteiger partial charge in [-0.1, -0.05) is 13.8 Å². The maximum atomic E-state index is 6.07. The molecule has 0 aromatic carbocycles. The van der Waals surface area contributed by atoms with Crippen molar-refractivity contribution in [1.29, 1.82) is 0 Å². The fourth-order valence-corrected chi connectivity index (χ4v) is 1.93. The van der Waals surface area contributed by atoms with Crippen LogP contribution in [0.4, 0.5) is 0 Å². The van der Waals surface area contributed by atoms with Crippen LogP contribution in [-0.2, 0) is 9.47 Å². The number of hydrogen-bond acceptors (Lipinski definition) is 2. The zero-order valence-electron chi connectivity index (χ0n) is 9.33. The summed E-state index contributed by atoms with van der Waals surface area (Å²) in [4.78, 5) is 0. The summed E-state index contributed by atoms with van der Waals surface area (Å²) in [7, 11) is 0. The summed E-state index contributed by atoms with van der Waals surface area (Å²) in [6.45, 7) is 7.11. The van der Waals surface area contributed by atoms with E-state index < -0.39 is 0 Å². The van der Waals surface area contributed by atoms with Gasteiger partial charge in [-0.3, -0.25) is 0 Å². The number of rotatable bonds is 6. The summed E-state index contributed by atoms with van der Waals surface area (Å²) in [6.07, 6.45) is 3.67. The van der Waals surface area contributed by atoms with Gasteiger partial charge in [0.2, 0.25) is 0 Å². The fraction of sp³-hybridized carbons (Fsp3) is 1.00. The normalized spacial score (nSPS) is 33.9. The molecule has 84 valence electrons. The Bertz CT molecular complexity index is 163. The van der Waals surface area contributed by atoms with Crippen LogP contribution in [0.3, 0.4) is 0 Å². The van der Waals surface area contributed by atoms with Gasteiger partial charge < -0.3 is 9.47 Å². The van der Waals surface area contributed by atoms with Crippen LogP contribution in [0.1, 0.15) is 40.0 Å². The van der Waals surface area contributed by atoms with Crippen molar-refractivity contribution in [2.24, 2.45) is 0 Å².